The van der Waals surface area contributed by atoms with Crippen LogP contribution in [0.2, 0.25) is 0 Å². The van der Waals surface area contributed by atoms with Crippen LogP contribution in [0.3, 0.4) is 0 Å². The Labute approximate surface area is 137 Å². The van der Waals surface area contributed by atoms with Gasteiger partial charge >= 0.3 is 5.97 Å². The fourth-order valence-electron chi connectivity index (χ4n) is 1.75. The average Bonchev–Trinajstić information content (AvgIpc) is 2.56. The quantitative estimate of drug-likeness (QED) is 0.130. The second-order valence-electron chi connectivity index (χ2n) is 5.26. The summed E-state index contributed by atoms with van der Waals surface area (Å²) in [6.45, 7) is -1.31. The molecule has 0 heterocycles. The van der Waals surface area contributed by atoms with Gasteiger partial charge in [0.25, 0.3) is 0 Å². The number of aliphatic hydroxyl groups excluding tert-OH is 8. The van der Waals surface area contributed by atoms with Crippen molar-refractivity contribution in [2.75, 3.05) is 19.8 Å². The van der Waals surface area contributed by atoms with Crippen LogP contribution in [-0.4, -0.2) is 109 Å². The molecule has 0 amide bonds. The molecule has 8 N–H and O–H groups in total. The zero-order valence-corrected chi connectivity index (χ0v) is 13.0. The highest BCUT2D eigenvalue weighted by Crippen LogP contribution is 2.15. The van der Waals surface area contributed by atoms with E-state index in [9.17, 15) is 35.1 Å². The molecule has 11 nitrogen and oxygen atoms in total. The molecule has 0 fully saturated rings. The van der Waals surface area contributed by atoms with E-state index in [2.05, 4.69) is 4.74 Å². The maximum absolute atomic E-state index is 12.1. The largest absolute Gasteiger partial charge is 0.462 e. The van der Waals surface area contributed by atoms with Gasteiger partial charge in [-0.25, -0.2) is 0 Å². The van der Waals surface area contributed by atoms with Gasteiger partial charge in [0.15, 0.2) is 5.78 Å². The maximum atomic E-state index is 12.1. The monoisotopic (exact) mass is 356 g/mol. The van der Waals surface area contributed by atoms with Gasteiger partial charge in [-0.2, -0.15) is 0 Å². The first kappa shape index (κ1) is 22.8. The van der Waals surface area contributed by atoms with Crippen molar-refractivity contribution in [1.82, 2.24) is 0 Å². The van der Waals surface area contributed by atoms with E-state index in [4.69, 9.17) is 15.3 Å². The molecule has 0 aromatic carbocycles. The first-order valence-corrected chi connectivity index (χ1v) is 7.08. The Bertz CT molecular complexity index is 399. The highest BCUT2D eigenvalue weighted by atomic mass is 16.5. The molecule has 142 valence electrons. The van der Waals surface area contributed by atoms with Gasteiger partial charge in [0.1, 0.15) is 43.0 Å². The fraction of sp³-hybridized carbons (Fsp3) is 0.846. The Morgan fingerprint density at radius 2 is 1.46 bits per heavy atom. The van der Waals surface area contributed by atoms with Gasteiger partial charge in [-0.3, -0.25) is 9.59 Å². The van der Waals surface area contributed by atoms with Crippen LogP contribution in [0.5, 0.6) is 0 Å². The van der Waals surface area contributed by atoms with E-state index in [0.717, 1.165) is 6.92 Å². The standard InChI is InChI=1S/C13H24O11/c1-5(16)8(13(23)24-4-6(17)2-14)10(20)12(22)11(21)9(19)7(18)3-15/h5-9,11-12,14-19,21-22H,2-4H2,1H3/t5?,6?,7-,8?,9-,11+,12+/m1/s1. The number of carbonyl (C=O) groups excluding carboxylic acids is 2. The van der Waals surface area contributed by atoms with Gasteiger partial charge in [0.2, 0.25) is 0 Å². The second-order valence-corrected chi connectivity index (χ2v) is 5.26. The predicted octanol–water partition coefficient (Wildman–Crippen LogP) is -5.12. The molecule has 11 heteroatoms. The summed E-state index contributed by atoms with van der Waals surface area (Å²) in [6, 6.07) is 0. The zero-order valence-electron chi connectivity index (χ0n) is 13.0. The van der Waals surface area contributed by atoms with E-state index in [-0.39, 0.29) is 0 Å². The molecule has 0 aliphatic rings. The second kappa shape index (κ2) is 10.6. The van der Waals surface area contributed by atoms with Crippen LogP contribution in [0.15, 0.2) is 0 Å². The lowest BCUT2D eigenvalue weighted by Crippen LogP contribution is -2.52. The number of ketones is 1. The van der Waals surface area contributed by atoms with Gasteiger partial charge in [-0.05, 0) is 6.92 Å². The van der Waals surface area contributed by atoms with Crippen LogP contribution in [0.25, 0.3) is 0 Å². The minimum Gasteiger partial charge on any atom is -0.462 e. The molecule has 7 atom stereocenters. The number of aliphatic hydroxyl groups is 8. The normalized spacial score (nSPS) is 20.4. The first-order chi connectivity index (χ1) is 11.1. The van der Waals surface area contributed by atoms with Crippen molar-refractivity contribution < 1.29 is 55.2 Å². The molecular weight excluding hydrogens is 332 g/mol. The molecular formula is C13H24O11. The highest BCUT2D eigenvalue weighted by Gasteiger charge is 2.42. The molecule has 0 aliphatic carbocycles. The van der Waals surface area contributed by atoms with Crippen molar-refractivity contribution in [3.8, 4) is 0 Å². The van der Waals surface area contributed by atoms with Crippen LogP contribution < -0.4 is 0 Å². The van der Waals surface area contributed by atoms with Crippen LogP contribution in [0.4, 0.5) is 0 Å². The van der Waals surface area contributed by atoms with Crippen molar-refractivity contribution in [3.63, 3.8) is 0 Å². The molecule has 0 saturated carbocycles. The molecule has 0 bridgehead atoms. The predicted molar refractivity (Wildman–Crippen MR) is 75.3 cm³/mol. The van der Waals surface area contributed by atoms with Crippen LogP contribution in [0, 0.1) is 5.92 Å². The number of ether oxygens (including phenoxy) is 1. The lowest BCUT2D eigenvalue weighted by Gasteiger charge is -2.27. The smallest absolute Gasteiger partial charge is 0.319 e. The molecule has 0 aromatic heterocycles. The van der Waals surface area contributed by atoms with E-state index in [1.54, 1.807) is 0 Å². The Hall–Kier alpha value is -1.18. The Kier molecular flexibility index (Phi) is 10.1. The SMILES string of the molecule is CC(O)C(C(=O)OCC(O)CO)C(=O)[C@H](O)[C@@H](O)[C@H](O)[C@H](O)CO. The molecule has 0 aliphatic heterocycles. The molecule has 0 aromatic rings. The van der Waals surface area contributed by atoms with Gasteiger partial charge in [-0.15, -0.1) is 0 Å². The minimum atomic E-state index is -2.36. The summed E-state index contributed by atoms with van der Waals surface area (Å²) in [5.74, 6) is -4.67. The van der Waals surface area contributed by atoms with Crippen LogP contribution in [0.1, 0.15) is 6.92 Å². The summed E-state index contributed by atoms with van der Waals surface area (Å²) in [5, 5.41) is 73.9. The zero-order chi connectivity index (χ0) is 19.0. The molecule has 0 radical (unpaired) electrons. The topological polar surface area (TPSA) is 205 Å². The van der Waals surface area contributed by atoms with E-state index in [1.807, 2.05) is 0 Å². The van der Waals surface area contributed by atoms with Crippen molar-refractivity contribution >= 4 is 11.8 Å². The van der Waals surface area contributed by atoms with E-state index < -0.39 is 74.1 Å². The molecule has 0 saturated heterocycles. The Balaban J connectivity index is 5.04. The summed E-state index contributed by atoms with van der Waals surface area (Å²) in [7, 11) is 0. The highest BCUT2D eigenvalue weighted by molar-refractivity contribution is 6.02. The number of hydrogen-bond donors (Lipinski definition) is 8. The molecule has 0 spiro atoms. The van der Waals surface area contributed by atoms with Crippen molar-refractivity contribution in [2.45, 2.75) is 43.5 Å². The van der Waals surface area contributed by atoms with Gasteiger partial charge < -0.3 is 45.6 Å². The van der Waals surface area contributed by atoms with Gasteiger partial charge in [0.05, 0.1) is 19.3 Å². The Morgan fingerprint density at radius 1 is 0.917 bits per heavy atom. The molecule has 0 rings (SSSR count). The van der Waals surface area contributed by atoms with Gasteiger partial charge in [-0.1, -0.05) is 0 Å². The summed E-state index contributed by atoms with van der Waals surface area (Å²) in [6.07, 6.45) is -11.6. The summed E-state index contributed by atoms with van der Waals surface area (Å²) >= 11 is 0. The van der Waals surface area contributed by atoms with Crippen molar-refractivity contribution in [2.24, 2.45) is 5.92 Å². The third kappa shape index (κ3) is 6.37. The summed E-state index contributed by atoms with van der Waals surface area (Å²) in [4.78, 5) is 23.9. The fourth-order valence-corrected chi connectivity index (χ4v) is 1.75. The Morgan fingerprint density at radius 3 is 1.88 bits per heavy atom. The maximum Gasteiger partial charge on any atom is 0.319 e. The first-order valence-electron chi connectivity index (χ1n) is 7.08. The van der Waals surface area contributed by atoms with Crippen molar-refractivity contribution in [3.05, 3.63) is 0 Å². The molecule has 24 heavy (non-hydrogen) atoms. The van der Waals surface area contributed by atoms with Crippen LogP contribution >= 0.6 is 0 Å². The minimum absolute atomic E-state index is 0.670. The average molecular weight is 356 g/mol. The summed E-state index contributed by atoms with van der Waals surface area (Å²) in [5.41, 5.74) is 0. The summed E-state index contributed by atoms with van der Waals surface area (Å²) < 4.78 is 4.52. The van der Waals surface area contributed by atoms with E-state index in [1.165, 1.54) is 0 Å². The van der Waals surface area contributed by atoms with Gasteiger partial charge in [0, 0.05) is 0 Å². The number of rotatable bonds is 11. The van der Waals surface area contributed by atoms with E-state index >= 15 is 0 Å². The number of carbonyl (C=O) groups is 2. The lowest BCUT2D eigenvalue weighted by molar-refractivity contribution is -0.167. The number of esters is 1. The molecule has 3 unspecified atom stereocenters. The third-order valence-electron chi connectivity index (χ3n) is 3.22. The van der Waals surface area contributed by atoms with Crippen molar-refractivity contribution in [1.29, 1.82) is 0 Å². The lowest BCUT2D eigenvalue weighted by atomic mass is 9.90. The number of hydrogen-bond acceptors (Lipinski definition) is 11. The van der Waals surface area contributed by atoms with E-state index in [0.29, 0.717) is 0 Å². The number of Topliss-reactive ketones (excluding diaryl/α,β-unsaturated/α-hetero) is 1. The van der Waals surface area contributed by atoms with Crippen LogP contribution in [-0.2, 0) is 14.3 Å². The third-order valence-corrected chi connectivity index (χ3v) is 3.22.